The lowest BCUT2D eigenvalue weighted by Gasteiger charge is -2.33. The second-order valence-electron chi connectivity index (χ2n) is 7.47. The maximum Gasteiger partial charge on any atom is 0.416 e. The Labute approximate surface area is 179 Å². The highest BCUT2D eigenvalue weighted by Gasteiger charge is 2.30. The van der Waals surface area contributed by atoms with Crippen LogP contribution in [0, 0.1) is 5.92 Å². The number of carbonyl (C=O) groups excluding carboxylic acids is 1. The second kappa shape index (κ2) is 10.3. The predicted molar refractivity (Wildman–Crippen MR) is 114 cm³/mol. The largest absolute Gasteiger partial charge is 0.460 e. The van der Waals surface area contributed by atoms with Gasteiger partial charge in [0.05, 0.1) is 17.9 Å². The fraction of sp³-hybridized carbons (Fsp3) is 0.391. The minimum absolute atomic E-state index is 0.0809. The van der Waals surface area contributed by atoms with Gasteiger partial charge in [-0.3, -0.25) is 5.43 Å². The van der Waals surface area contributed by atoms with Crippen LogP contribution >= 0.6 is 0 Å². The molecule has 1 aliphatic rings. The Morgan fingerprint density at radius 1 is 1.13 bits per heavy atom. The van der Waals surface area contributed by atoms with E-state index >= 15 is 0 Å². The van der Waals surface area contributed by atoms with E-state index in [1.807, 2.05) is 23.1 Å². The van der Waals surface area contributed by atoms with Gasteiger partial charge >= 0.3 is 12.1 Å². The predicted octanol–water partition coefficient (Wildman–Crippen LogP) is 4.95. The number of piperidine rings is 1. The molecule has 0 amide bonds. The van der Waals surface area contributed by atoms with Gasteiger partial charge in [-0.25, -0.2) is 4.79 Å². The molecule has 0 aliphatic carbocycles. The normalized spacial score (nSPS) is 15.6. The van der Waals surface area contributed by atoms with Crippen molar-refractivity contribution in [2.45, 2.75) is 32.4 Å². The molecule has 0 radical (unpaired) electrons. The third-order valence-corrected chi connectivity index (χ3v) is 5.22. The van der Waals surface area contributed by atoms with Gasteiger partial charge in [0.15, 0.2) is 0 Å². The number of esters is 1. The Morgan fingerprint density at radius 3 is 2.48 bits per heavy atom. The molecule has 0 saturated carbocycles. The van der Waals surface area contributed by atoms with Crippen molar-refractivity contribution in [2.75, 3.05) is 25.1 Å². The first-order valence-corrected chi connectivity index (χ1v) is 10.3. The Balaban J connectivity index is 1.68. The molecule has 0 unspecified atom stereocenters. The van der Waals surface area contributed by atoms with Crippen molar-refractivity contribution in [1.82, 2.24) is 4.90 Å². The van der Waals surface area contributed by atoms with Crippen LogP contribution in [0.3, 0.4) is 0 Å². The van der Waals surface area contributed by atoms with Crippen LogP contribution in [0.2, 0.25) is 0 Å². The third kappa shape index (κ3) is 6.47. The Morgan fingerprint density at radius 2 is 1.84 bits per heavy atom. The van der Waals surface area contributed by atoms with Crippen LogP contribution in [0.4, 0.5) is 18.9 Å². The molecule has 0 aromatic heterocycles. The highest BCUT2D eigenvalue weighted by molar-refractivity contribution is 6.35. The average Bonchev–Trinajstić information content (AvgIpc) is 2.75. The van der Waals surface area contributed by atoms with Crippen LogP contribution in [-0.2, 0) is 22.1 Å². The maximum absolute atomic E-state index is 12.9. The maximum atomic E-state index is 12.9. The van der Waals surface area contributed by atoms with Gasteiger partial charge in [-0.1, -0.05) is 36.4 Å². The van der Waals surface area contributed by atoms with E-state index in [9.17, 15) is 18.0 Å². The number of nitrogens with zero attached hydrogens (tertiary/aromatic N) is 2. The molecule has 1 aliphatic heterocycles. The molecular weight excluding hydrogens is 407 g/mol. The minimum Gasteiger partial charge on any atom is -0.460 e. The Bertz CT molecular complexity index is 892. The summed E-state index contributed by atoms with van der Waals surface area (Å²) in [6, 6.07) is 15.0. The van der Waals surface area contributed by atoms with Crippen LogP contribution in [0.1, 0.15) is 30.9 Å². The zero-order valence-corrected chi connectivity index (χ0v) is 17.4. The van der Waals surface area contributed by atoms with E-state index in [4.69, 9.17) is 4.74 Å². The van der Waals surface area contributed by atoms with E-state index in [2.05, 4.69) is 22.7 Å². The molecule has 0 spiro atoms. The number of hydrogen-bond donors (Lipinski definition) is 1. The fourth-order valence-electron chi connectivity index (χ4n) is 3.62. The summed E-state index contributed by atoms with van der Waals surface area (Å²) in [6.07, 6.45) is -1.71. The number of rotatable bonds is 5. The van der Waals surface area contributed by atoms with E-state index in [0.29, 0.717) is 19.0 Å². The number of hydrazone groups is 1. The molecule has 31 heavy (non-hydrogen) atoms. The van der Waals surface area contributed by atoms with Gasteiger partial charge in [-0.05, 0) is 55.9 Å². The number of nitrogens with one attached hydrogen (secondary N) is 1. The molecule has 166 valence electrons. The number of alkyl halides is 3. The van der Waals surface area contributed by atoms with Gasteiger partial charge in [0, 0.05) is 13.1 Å². The minimum atomic E-state index is -4.45. The molecular formula is C23H26F3N3O2. The quantitative estimate of drug-likeness (QED) is 0.314. The molecule has 1 fully saturated rings. The molecule has 0 atom stereocenters. The number of amidine groups is 1. The van der Waals surface area contributed by atoms with Crippen molar-refractivity contribution in [3.05, 3.63) is 65.7 Å². The number of anilines is 1. The lowest BCUT2D eigenvalue weighted by Crippen LogP contribution is -2.43. The highest BCUT2D eigenvalue weighted by atomic mass is 19.4. The summed E-state index contributed by atoms with van der Waals surface area (Å²) in [5, 5.41) is 4.12. The Hall–Kier alpha value is -3.03. The van der Waals surface area contributed by atoms with Crippen molar-refractivity contribution in [3.8, 4) is 0 Å². The smallest absolute Gasteiger partial charge is 0.416 e. The van der Waals surface area contributed by atoms with Gasteiger partial charge in [-0.2, -0.15) is 13.2 Å². The Kier molecular flexibility index (Phi) is 7.55. The first-order chi connectivity index (χ1) is 14.9. The van der Waals surface area contributed by atoms with Crippen molar-refractivity contribution in [1.29, 1.82) is 0 Å². The zero-order chi connectivity index (χ0) is 22.3. The zero-order valence-electron chi connectivity index (χ0n) is 17.4. The van der Waals surface area contributed by atoms with Crippen LogP contribution in [0.15, 0.2) is 59.7 Å². The molecule has 0 bridgehead atoms. The summed E-state index contributed by atoms with van der Waals surface area (Å²) in [7, 11) is 0. The van der Waals surface area contributed by atoms with Gasteiger partial charge in [-0.15, -0.1) is 5.10 Å². The van der Waals surface area contributed by atoms with Crippen LogP contribution in [0.25, 0.3) is 0 Å². The van der Waals surface area contributed by atoms with Crippen molar-refractivity contribution in [2.24, 2.45) is 11.0 Å². The van der Waals surface area contributed by atoms with Gasteiger partial charge in [0.1, 0.15) is 0 Å². The molecule has 5 nitrogen and oxygen atoms in total. The summed E-state index contributed by atoms with van der Waals surface area (Å²) in [5.74, 6) is -0.0144. The number of likely N-dealkylation sites (tertiary alicyclic amines) is 1. The number of halogens is 3. The number of hydrogen-bond acceptors (Lipinski definition) is 4. The monoisotopic (exact) mass is 433 g/mol. The molecule has 2 aromatic rings. The van der Waals surface area contributed by atoms with Gasteiger partial charge in [0.25, 0.3) is 0 Å². The average molecular weight is 433 g/mol. The molecule has 2 aromatic carbocycles. The first-order valence-electron chi connectivity index (χ1n) is 10.3. The SMILES string of the molecule is CCOC(=O)/C(=N\Nc1cccc(C(F)(F)F)c1)N1CCC(Cc2ccccc2)CC1. The molecule has 1 N–H and O–H groups in total. The van der Waals surface area contributed by atoms with E-state index in [-0.39, 0.29) is 18.1 Å². The molecule has 1 heterocycles. The summed E-state index contributed by atoms with van der Waals surface area (Å²) in [5.41, 5.74) is 3.24. The summed E-state index contributed by atoms with van der Waals surface area (Å²) >= 11 is 0. The van der Waals surface area contributed by atoms with E-state index in [1.165, 1.54) is 17.7 Å². The van der Waals surface area contributed by atoms with Crippen LogP contribution in [-0.4, -0.2) is 36.4 Å². The summed E-state index contributed by atoms with van der Waals surface area (Å²) in [6.45, 7) is 3.13. The number of benzene rings is 2. The van der Waals surface area contributed by atoms with E-state index < -0.39 is 17.7 Å². The first kappa shape index (κ1) is 22.7. The number of ether oxygens (including phenoxy) is 1. The van der Waals surface area contributed by atoms with Crippen LogP contribution in [0.5, 0.6) is 0 Å². The fourth-order valence-corrected chi connectivity index (χ4v) is 3.62. The summed E-state index contributed by atoms with van der Waals surface area (Å²) in [4.78, 5) is 14.3. The summed E-state index contributed by atoms with van der Waals surface area (Å²) < 4.78 is 43.9. The standard InChI is InChI=1S/C23H26F3N3O2/c1-2-31-22(30)21(28-27-20-10-6-9-19(16-20)23(24,25)26)29-13-11-18(12-14-29)15-17-7-4-3-5-8-17/h3-10,16,18,27H,2,11-15H2,1H3/b28-21+. The molecule has 1 saturated heterocycles. The topological polar surface area (TPSA) is 53.9 Å². The van der Waals surface area contributed by atoms with Crippen molar-refractivity contribution in [3.63, 3.8) is 0 Å². The van der Waals surface area contributed by atoms with Crippen molar-refractivity contribution >= 4 is 17.5 Å². The highest BCUT2D eigenvalue weighted by Crippen LogP contribution is 2.30. The second-order valence-corrected chi connectivity index (χ2v) is 7.47. The van der Waals surface area contributed by atoms with Gasteiger partial charge < -0.3 is 9.64 Å². The third-order valence-electron chi connectivity index (χ3n) is 5.22. The van der Waals surface area contributed by atoms with E-state index in [0.717, 1.165) is 31.4 Å². The van der Waals surface area contributed by atoms with Crippen molar-refractivity contribution < 1.29 is 22.7 Å². The number of carbonyl (C=O) groups is 1. The van der Waals surface area contributed by atoms with Crippen LogP contribution < -0.4 is 5.43 Å². The lowest BCUT2D eigenvalue weighted by molar-refractivity contribution is -0.138. The van der Waals surface area contributed by atoms with E-state index in [1.54, 1.807) is 6.92 Å². The molecule has 3 rings (SSSR count). The van der Waals surface area contributed by atoms with Gasteiger partial charge in [0.2, 0.25) is 5.84 Å². The molecule has 8 heteroatoms. The lowest BCUT2D eigenvalue weighted by atomic mass is 9.90.